The molecule has 4 aromatic rings. The number of thiocarbonyl (C=S) groups is 1. The van der Waals surface area contributed by atoms with E-state index in [-0.39, 0.29) is 11.0 Å². The number of hydrogen-bond acceptors (Lipinski definition) is 5. The Balaban J connectivity index is 1.48. The highest BCUT2D eigenvalue weighted by Crippen LogP contribution is 2.25. The average Bonchev–Trinajstić information content (AvgIpc) is 3.12. The number of carbonyl (C=O) groups excluding carboxylic acids is 1. The number of rotatable bonds is 3. The molecule has 7 heteroatoms. The molecule has 6 nitrogen and oxygen atoms in total. The third kappa shape index (κ3) is 4.14. The van der Waals surface area contributed by atoms with E-state index < -0.39 is 0 Å². The summed E-state index contributed by atoms with van der Waals surface area (Å²) in [6, 6.07) is 14.8. The molecule has 0 aliphatic rings. The number of hydrogen-bond donors (Lipinski definition) is 2. The zero-order valence-corrected chi connectivity index (χ0v) is 16.7. The van der Waals surface area contributed by atoms with E-state index in [0.717, 1.165) is 16.7 Å². The summed E-state index contributed by atoms with van der Waals surface area (Å²) in [5.41, 5.74) is 5.50. The Morgan fingerprint density at radius 3 is 2.59 bits per heavy atom. The fraction of sp³-hybridized carbons (Fsp3) is 0.0909. The number of benzene rings is 2. The molecule has 4 rings (SSSR count). The Bertz CT molecular complexity index is 1220. The third-order valence-corrected chi connectivity index (χ3v) is 4.63. The molecule has 1 amide bonds. The minimum Gasteiger partial charge on any atom is -0.436 e. The monoisotopic (exact) mass is 402 g/mol. The lowest BCUT2D eigenvalue weighted by Gasteiger charge is -2.11. The molecule has 144 valence electrons. The summed E-state index contributed by atoms with van der Waals surface area (Å²) >= 11 is 5.29. The van der Waals surface area contributed by atoms with E-state index in [1.54, 1.807) is 18.5 Å². The van der Waals surface area contributed by atoms with E-state index in [2.05, 4.69) is 20.6 Å². The van der Waals surface area contributed by atoms with Gasteiger partial charge in [-0.15, -0.1) is 0 Å². The fourth-order valence-electron chi connectivity index (χ4n) is 3.02. The number of amides is 1. The number of pyridine rings is 1. The van der Waals surface area contributed by atoms with Gasteiger partial charge in [-0.3, -0.25) is 15.1 Å². The second-order valence-electron chi connectivity index (χ2n) is 6.66. The molecular formula is C22H18N4O2S. The van der Waals surface area contributed by atoms with E-state index in [1.807, 2.05) is 56.3 Å². The van der Waals surface area contributed by atoms with Crippen LogP contribution in [-0.4, -0.2) is 21.0 Å². The molecule has 0 aliphatic heterocycles. The van der Waals surface area contributed by atoms with Crippen LogP contribution in [0.1, 0.15) is 21.5 Å². The molecule has 29 heavy (non-hydrogen) atoms. The molecule has 0 radical (unpaired) electrons. The zero-order chi connectivity index (χ0) is 20.4. The van der Waals surface area contributed by atoms with Gasteiger partial charge in [0, 0.05) is 29.2 Å². The molecule has 0 saturated carbocycles. The van der Waals surface area contributed by atoms with Crippen LogP contribution in [-0.2, 0) is 0 Å². The molecule has 0 atom stereocenters. The van der Waals surface area contributed by atoms with Crippen molar-refractivity contribution in [3.63, 3.8) is 0 Å². The molecule has 2 aromatic carbocycles. The third-order valence-electron chi connectivity index (χ3n) is 4.43. The summed E-state index contributed by atoms with van der Waals surface area (Å²) in [7, 11) is 0. The SMILES string of the molecule is Cc1ccc(C(=O)NC(=S)Nc2ccc3oc(-c4ccncc4)nc3c2)c(C)c1. The van der Waals surface area contributed by atoms with Crippen molar-refractivity contribution in [1.29, 1.82) is 0 Å². The Morgan fingerprint density at radius 1 is 1.03 bits per heavy atom. The zero-order valence-electron chi connectivity index (χ0n) is 15.9. The average molecular weight is 402 g/mol. The van der Waals surface area contributed by atoms with Crippen molar-refractivity contribution in [3.05, 3.63) is 77.6 Å². The van der Waals surface area contributed by atoms with Gasteiger partial charge < -0.3 is 9.73 Å². The van der Waals surface area contributed by atoms with Gasteiger partial charge in [0.05, 0.1) is 0 Å². The number of carbonyl (C=O) groups is 1. The molecule has 0 bridgehead atoms. The van der Waals surface area contributed by atoms with Gasteiger partial charge in [0.25, 0.3) is 5.91 Å². The standard InChI is InChI=1S/C22H18N4O2S/c1-13-3-5-17(14(2)11-13)20(27)26-22(29)24-16-4-6-19-18(12-16)25-21(28-19)15-7-9-23-10-8-15/h3-12H,1-2H3,(H2,24,26,27,29). The Hall–Kier alpha value is -3.58. The number of anilines is 1. The Morgan fingerprint density at radius 2 is 1.83 bits per heavy atom. The molecular weight excluding hydrogens is 384 g/mol. The van der Waals surface area contributed by atoms with Crippen LogP contribution in [0, 0.1) is 13.8 Å². The van der Waals surface area contributed by atoms with Crippen LogP contribution < -0.4 is 10.6 Å². The van der Waals surface area contributed by atoms with Crippen LogP contribution in [0.15, 0.2) is 65.3 Å². The van der Waals surface area contributed by atoms with Crippen LogP contribution in [0.4, 0.5) is 5.69 Å². The first-order chi connectivity index (χ1) is 14.0. The van der Waals surface area contributed by atoms with Crippen molar-refractivity contribution >= 4 is 40.0 Å². The smallest absolute Gasteiger partial charge is 0.257 e. The highest BCUT2D eigenvalue weighted by Gasteiger charge is 2.12. The van der Waals surface area contributed by atoms with Gasteiger partial charge >= 0.3 is 0 Å². The number of nitrogens with one attached hydrogen (secondary N) is 2. The molecule has 0 aliphatic carbocycles. The topological polar surface area (TPSA) is 80.0 Å². The maximum Gasteiger partial charge on any atom is 0.257 e. The second-order valence-corrected chi connectivity index (χ2v) is 7.07. The first-order valence-corrected chi connectivity index (χ1v) is 9.41. The second kappa shape index (κ2) is 7.81. The number of aryl methyl sites for hydroxylation is 2. The van der Waals surface area contributed by atoms with Crippen LogP contribution in [0.3, 0.4) is 0 Å². The largest absolute Gasteiger partial charge is 0.436 e. The fourth-order valence-corrected chi connectivity index (χ4v) is 3.23. The van der Waals surface area contributed by atoms with Gasteiger partial charge in [-0.05, 0) is 68.0 Å². The van der Waals surface area contributed by atoms with E-state index in [0.29, 0.717) is 28.2 Å². The lowest BCUT2D eigenvalue weighted by atomic mass is 10.1. The van der Waals surface area contributed by atoms with E-state index >= 15 is 0 Å². The van der Waals surface area contributed by atoms with Gasteiger partial charge in [0.2, 0.25) is 5.89 Å². The summed E-state index contributed by atoms with van der Waals surface area (Å²) in [6.07, 6.45) is 3.38. The van der Waals surface area contributed by atoms with Crippen LogP contribution in [0.5, 0.6) is 0 Å². The minimum atomic E-state index is -0.248. The normalized spacial score (nSPS) is 10.7. The summed E-state index contributed by atoms with van der Waals surface area (Å²) in [4.78, 5) is 21.0. The van der Waals surface area contributed by atoms with Crippen LogP contribution >= 0.6 is 12.2 Å². The van der Waals surface area contributed by atoms with Gasteiger partial charge in [-0.1, -0.05) is 17.7 Å². The maximum absolute atomic E-state index is 12.5. The minimum absolute atomic E-state index is 0.215. The van der Waals surface area contributed by atoms with Gasteiger partial charge in [-0.25, -0.2) is 4.98 Å². The number of aromatic nitrogens is 2. The summed E-state index contributed by atoms with van der Waals surface area (Å²) in [5.74, 6) is 0.271. The molecule has 0 fully saturated rings. The quantitative estimate of drug-likeness (QED) is 0.486. The van der Waals surface area contributed by atoms with Crippen molar-refractivity contribution in [1.82, 2.24) is 15.3 Å². The molecule has 0 unspecified atom stereocenters. The number of fused-ring (bicyclic) bond motifs is 1. The first-order valence-electron chi connectivity index (χ1n) is 9.00. The molecule has 2 aromatic heterocycles. The van der Waals surface area contributed by atoms with Crippen molar-refractivity contribution in [2.75, 3.05) is 5.32 Å². The lowest BCUT2D eigenvalue weighted by molar-refractivity contribution is 0.0977. The van der Waals surface area contributed by atoms with Gasteiger partial charge in [-0.2, -0.15) is 0 Å². The Kier molecular flexibility index (Phi) is 5.05. The predicted octanol–water partition coefficient (Wildman–Crippen LogP) is 4.63. The lowest BCUT2D eigenvalue weighted by Crippen LogP contribution is -2.34. The summed E-state index contributed by atoms with van der Waals surface area (Å²) in [5, 5.41) is 5.95. The van der Waals surface area contributed by atoms with Gasteiger partial charge in [0.15, 0.2) is 10.7 Å². The maximum atomic E-state index is 12.5. The predicted molar refractivity (Wildman–Crippen MR) is 117 cm³/mol. The van der Waals surface area contributed by atoms with E-state index in [9.17, 15) is 4.79 Å². The molecule has 0 spiro atoms. The van der Waals surface area contributed by atoms with Crippen molar-refractivity contribution < 1.29 is 9.21 Å². The number of oxazole rings is 1. The highest BCUT2D eigenvalue weighted by atomic mass is 32.1. The van der Waals surface area contributed by atoms with Gasteiger partial charge in [0.1, 0.15) is 5.52 Å². The molecule has 2 N–H and O–H groups in total. The van der Waals surface area contributed by atoms with E-state index in [4.69, 9.17) is 16.6 Å². The summed E-state index contributed by atoms with van der Waals surface area (Å²) in [6.45, 7) is 3.89. The van der Waals surface area contributed by atoms with E-state index in [1.165, 1.54) is 0 Å². The van der Waals surface area contributed by atoms with Crippen molar-refractivity contribution in [2.45, 2.75) is 13.8 Å². The highest BCUT2D eigenvalue weighted by molar-refractivity contribution is 7.80. The molecule has 2 heterocycles. The van der Waals surface area contributed by atoms with Crippen LogP contribution in [0.2, 0.25) is 0 Å². The van der Waals surface area contributed by atoms with Crippen molar-refractivity contribution in [3.8, 4) is 11.5 Å². The number of nitrogens with zero attached hydrogens (tertiary/aromatic N) is 2. The first kappa shape index (κ1) is 18.8. The Labute approximate surface area is 173 Å². The molecule has 0 saturated heterocycles. The van der Waals surface area contributed by atoms with Crippen LogP contribution in [0.25, 0.3) is 22.6 Å². The van der Waals surface area contributed by atoms with Crippen molar-refractivity contribution in [2.24, 2.45) is 0 Å². The summed E-state index contributed by atoms with van der Waals surface area (Å²) < 4.78 is 5.79.